The number of H-pyrrole nitrogens is 1. The van der Waals surface area contributed by atoms with Crippen molar-refractivity contribution in [1.82, 2.24) is 25.1 Å². The summed E-state index contributed by atoms with van der Waals surface area (Å²) in [7, 11) is 3.89. The second kappa shape index (κ2) is 4.94. The summed E-state index contributed by atoms with van der Waals surface area (Å²) in [6.07, 6.45) is 9.60. The number of aromatic amines is 1. The van der Waals surface area contributed by atoms with Crippen molar-refractivity contribution in [2.45, 2.75) is 18.9 Å². The molecule has 0 aliphatic carbocycles. The standard InChI is InChI=1S/C11H17N5/c1-12-10(11-13-5-6-14-11)4-3-9-7-15-16(2)8-9/h5-8,10,12H,3-4H2,1-2H3,(H,13,14). The Morgan fingerprint density at radius 1 is 1.56 bits per heavy atom. The lowest BCUT2D eigenvalue weighted by molar-refractivity contribution is 0.525. The van der Waals surface area contributed by atoms with E-state index < -0.39 is 0 Å². The van der Waals surface area contributed by atoms with E-state index >= 15 is 0 Å². The highest BCUT2D eigenvalue weighted by molar-refractivity contribution is 5.05. The van der Waals surface area contributed by atoms with E-state index in [9.17, 15) is 0 Å². The first-order valence-electron chi connectivity index (χ1n) is 5.43. The van der Waals surface area contributed by atoms with Crippen molar-refractivity contribution >= 4 is 0 Å². The van der Waals surface area contributed by atoms with Crippen LogP contribution in [0.2, 0.25) is 0 Å². The lowest BCUT2D eigenvalue weighted by Crippen LogP contribution is -2.18. The van der Waals surface area contributed by atoms with Crippen LogP contribution in [0, 0.1) is 0 Å². The molecule has 2 aromatic rings. The normalized spacial score (nSPS) is 12.9. The van der Waals surface area contributed by atoms with Crippen LogP contribution in [0.25, 0.3) is 0 Å². The van der Waals surface area contributed by atoms with Gasteiger partial charge in [0.25, 0.3) is 0 Å². The zero-order valence-electron chi connectivity index (χ0n) is 9.64. The molecular formula is C11H17N5. The van der Waals surface area contributed by atoms with Crippen LogP contribution >= 0.6 is 0 Å². The minimum atomic E-state index is 0.273. The third kappa shape index (κ3) is 2.49. The van der Waals surface area contributed by atoms with E-state index in [1.165, 1.54) is 5.56 Å². The summed E-state index contributed by atoms with van der Waals surface area (Å²) < 4.78 is 1.83. The summed E-state index contributed by atoms with van der Waals surface area (Å²) in [4.78, 5) is 7.40. The first-order chi connectivity index (χ1) is 7.79. The molecule has 1 atom stereocenters. The number of aromatic nitrogens is 4. The minimum Gasteiger partial charge on any atom is -0.347 e. The first-order valence-corrected chi connectivity index (χ1v) is 5.43. The second-order valence-corrected chi connectivity index (χ2v) is 3.88. The number of hydrogen-bond acceptors (Lipinski definition) is 3. The lowest BCUT2D eigenvalue weighted by Gasteiger charge is -2.12. The van der Waals surface area contributed by atoms with Crippen LogP contribution in [-0.2, 0) is 13.5 Å². The number of nitrogens with zero attached hydrogens (tertiary/aromatic N) is 3. The Balaban J connectivity index is 1.93. The van der Waals surface area contributed by atoms with Gasteiger partial charge in [-0.25, -0.2) is 4.98 Å². The average molecular weight is 219 g/mol. The van der Waals surface area contributed by atoms with Gasteiger partial charge in [0.2, 0.25) is 0 Å². The predicted molar refractivity (Wildman–Crippen MR) is 61.9 cm³/mol. The molecule has 0 aliphatic rings. The molecule has 86 valence electrons. The molecule has 0 saturated carbocycles. The molecule has 0 saturated heterocycles. The van der Waals surface area contributed by atoms with E-state index in [0.717, 1.165) is 18.7 Å². The lowest BCUT2D eigenvalue weighted by atomic mass is 10.1. The van der Waals surface area contributed by atoms with Crippen LogP contribution in [0.15, 0.2) is 24.8 Å². The molecule has 0 fully saturated rings. The van der Waals surface area contributed by atoms with Crippen molar-refractivity contribution in [1.29, 1.82) is 0 Å². The summed E-state index contributed by atoms with van der Waals surface area (Å²) in [5, 5.41) is 7.42. The van der Waals surface area contributed by atoms with Gasteiger partial charge in [-0.2, -0.15) is 5.10 Å². The topological polar surface area (TPSA) is 58.5 Å². The maximum absolute atomic E-state index is 4.27. The summed E-state index contributed by atoms with van der Waals surface area (Å²) >= 11 is 0. The van der Waals surface area contributed by atoms with Crippen molar-refractivity contribution in [3.63, 3.8) is 0 Å². The predicted octanol–water partition coefficient (Wildman–Crippen LogP) is 1.04. The van der Waals surface area contributed by atoms with E-state index in [2.05, 4.69) is 26.6 Å². The molecule has 2 aromatic heterocycles. The molecule has 16 heavy (non-hydrogen) atoms. The quantitative estimate of drug-likeness (QED) is 0.790. The highest BCUT2D eigenvalue weighted by Gasteiger charge is 2.11. The zero-order chi connectivity index (χ0) is 11.4. The molecule has 5 heteroatoms. The van der Waals surface area contributed by atoms with Crippen LogP contribution in [0.3, 0.4) is 0 Å². The first kappa shape index (κ1) is 10.9. The van der Waals surface area contributed by atoms with Gasteiger partial charge in [0.05, 0.1) is 12.2 Å². The molecule has 0 aromatic carbocycles. The molecule has 1 unspecified atom stereocenters. The third-order valence-corrected chi connectivity index (χ3v) is 2.68. The fraction of sp³-hybridized carbons (Fsp3) is 0.455. The van der Waals surface area contributed by atoms with E-state index in [1.807, 2.05) is 31.2 Å². The maximum atomic E-state index is 4.27. The number of rotatable bonds is 5. The molecule has 2 rings (SSSR count). The zero-order valence-corrected chi connectivity index (χ0v) is 9.64. The van der Waals surface area contributed by atoms with Crippen molar-refractivity contribution in [3.05, 3.63) is 36.2 Å². The van der Waals surface area contributed by atoms with E-state index in [4.69, 9.17) is 0 Å². The van der Waals surface area contributed by atoms with E-state index in [1.54, 1.807) is 6.20 Å². The summed E-state index contributed by atoms with van der Waals surface area (Å²) in [6, 6.07) is 0.273. The van der Waals surface area contributed by atoms with Gasteiger partial charge in [-0.3, -0.25) is 4.68 Å². The Morgan fingerprint density at radius 2 is 2.44 bits per heavy atom. The SMILES string of the molecule is CNC(CCc1cnn(C)c1)c1ncc[nH]1. The van der Waals surface area contributed by atoms with Crippen LogP contribution < -0.4 is 5.32 Å². The van der Waals surface area contributed by atoms with Crippen LogP contribution in [-0.4, -0.2) is 26.8 Å². The number of aryl methyl sites for hydroxylation is 2. The molecule has 0 amide bonds. The van der Waals surface area contributed by atoms with Gasteiger partial charge in [0.1, 0.15) is 5.82 Å². The molecule has 2 heterocycles. The minimum absolute atomic E-state index is 0.273. The summed E-state index contributed by atoms with van der Waals surface area (Å²) in [5.41, 5.74) is 1.26. The van der Waals surface area contributed by atoms with Crippen molar-refractivity contribution in [2.24, 2.45) is 7.05 Å². The van der Waals surface area contributed by atoms with Crippen LogP contribution in [0.1, 0.15) is 23.9 Å². The van der Waals surface area contributed by atoms with Crippen LogP contribution in [0.5, 0.6) is 0 Å². The maximum Gasteiger partial charge on any atom is 0.123 e. The average Bonchev–Trinajstić information content (AvgIpc) is 2.91. The highest BCUT2D eigenvalue weighted by atomic mass is 15.2. The number of imidazole rings is 1. The summed E-state index contributed by atoms with van der Waals surface area (Å²) in [6.45, 7) is 0. The van der Waals surface area contributed by atoms with Crippen LogP contribution in [0.4, 0.5) is 0 Å². The Kier molecular flexibility index (Phi) is 3.36. The molecular weight excluding hydrogens is 202 g/mol. The second-order valence-electron chi connectivity index (χ2n) is 3.88. The Hall–Kier alpha value is -1.62. The smallest absolute Gasteiger partial charge is 0.123 e. The van der Waals surface area contributed by atoms with Crippen molar-refractivity contribution in [2.75, 3.05) is 7.05 Å². The molecule has 0 radical (unpaired) electrons. The molecule has 5 nitrogen and oxygen atoms in total. The highest BCUT2D eigenvalue weighted by Crippen LogP contribution is 2.14. The largest absolute Gasteiger partial charge is 0.347 e. The fourth-order valence-corrected chi connectivity index (χ4v) is 1.80. The van der Waals surface area contributed by atoms with E-state index in [-0.39, 0.29) is 6.04 Å². The van der Waals surface area contributed by atoms with Gasteiger partial charge in [-0.05, 0) is 25.5 Å². The number of hydrogen-bond donors (Lipinski definition) is 2. The molecule has 0 spiro atoms. The third-order valence-electron chi connectivity index (χ3n) is 2.68. The van der Waals surface area contributed by atoms with E-state index in [0.29, 0.717) is 0 Å². The van der Waals surface area contributed by atoms with Gasteiger partial charge in [-0.15, -0.1) is 0 Å². The van der Waals surface area contributed by atoms with Gasteiger partial charge >= 0.3 is 0 Å². The summed E-state index contributed by atoms with van der Waals surface area (Å²) in [5.74, 6) is 0.992. The van der Waals surface area contributed by atoms with Gasteiger partial charge < -0.3 is 10.3 Å². The number of nitrogens with one attached hydrogen (secondary N) is 2. The van der Waals surface area contributed by atoms with Crippen molar-refractivity contribution < 1.29 is 0 Å². The van der Waals surface area contributed by atoms with Crippen molar-refractivity contribution in [3.8, 4) is 0 Å². The van der Waals surface area contributed by atoms with Gasteiger partial charge in [0, 0.05) is 25.6 Å². The molecule has 2 N–H and O–H groups in total. The Morgan fingerprint density at radius 3 is 3.00 bits per heavy atom. The van der Waals surface area contributed by atoms with Gasteiger partial charge in [-0.1, -0.05) is 0 Å². The Labute approximate surface area is 94.9 Å². The molecule has 0 bridgehead atoms. The fourth-order valence-electron chi connectivity index (χ4n) is 1.80. The Bertz CT molecular complexity index is 417. The molecule has 0 aliphatic heterocycles. The monoisotopic (exact) mass is 219 g/mol. The van der Waals surface area contributed by atoms with Gasteiger partial charge in [0.15, 0.2) is 0 Å².